The second kappa shape index (κ2) is 7.56. The van der Waals surface area contributed by atoms with Crippen LogP contribution in [0.3, 0.4) is 0 Å². The van der Waals surface area contributed by atoms with Gasteiger partial charge in [0, 0.05) is 35.4 Å². The molecule has 28 heavy (non-hydrogen) atoms. The predicted octanol–water partition coefficient (Wildman–Crippen LogP) is 5.32. The highest BCUT2D eigenvalue weighted by molar-refractivity contribution is 5.59. The summed E-state index contributed by atoms with van der Waals surface area (Å²) in [5, 5.41) is 3.01. The fourth-order valence-corrected chi connectivity index (χ4v) is 2.97. The van der Waals surface area contributed by atoms with Gasteiger partial charge in [0.1, 0.15) is 11.6 Å². The van der Waals surface area contributed by atoms with Gasteiger partial charge >= 0.3 is 0 Å². The second-order valence-electron chi connectivity index (χ2n) is 6.28. The summed E-state index contributed by atoms with van der Waals surface area (Å²) in [4.78, 5) is 13.1. The Morgan fingerprint density at radius 3 is 2.57 bits per heavy atom. The number of anilines is 2. The monoisotopic (exact) mass is 377 g/mol. The first-order valence-electron chi connectivity index (χ1n) is 8.69. The smallest absolute Gasteiger partial charge is 0.263 e. The molecule has 7 heteroatoms. The number of nitrogens with one attached hydrogen (secondary N) is 1. The van der Waals surface area contributed by atoms with Crippen molar-refractivity contribution < 1.29 is 8.78 Å². The third-order valence-electron chi connectivity index (χ3n) is 4.17. The number of imidazole rings is 1. The maximum atomic E-state index is 13.1. The number of benzene rings is 2. The molecule has 0 unspecified atom stereocenters. The Morgan fingerprint density at radius 2 is 1.79 bits per heavy atom. The molecule has 0 saturated carbocycles. The molecule has 2 aromatic heterocycles. The SMILES string of the molecule is Cc1cc(Nc2nccc(-n3ccnc3-c3ccccc3)n2)cc(C(F)F)c1. The molecule has 140 valence electrons. The van der Waals surface area contributed by atoms with Gasteiger partial charge in [0.15, 0.2) is 0 Å². The summed E-state index contributed by atoms with van der Waals surface area (Å²) < 4.78 is 28.0. The first-order chi connectivity index (χ1) is 13.6. The lowest BCUT2D eigenvalue weighted by atomic mass is 10.1. The normalized spacial score (nSPS) is 11.0. The second-order valence-corrected chi connectivity index (χ2v) is 6.28. The Labute approximate surface area is 160 Å². The molecule has 0 aliphatic rings. The zero-order valence-electron chi connectivity index (χ0n) is 15.1. The van der Waals surface area contributed by atoms with E-state index in [0.717, 1.165) is 17.0 Å². The zero-order valence-corrected chi connectivity index (χ0v) is 15.1. The van der Waals surface area contributed by atoms with Crippen LogP contribution in [0.15, 0.2) is 73.2 Å². The van der Waals surface area contributed by atoms with Gasteiger partial charge in [-0.15, -0.1) is 0 Å². The quantitative estimate of drug-likeness (QED) is 0.511. The predicted molar refractivity (Wildman–Crippen MR) is 104 cm³/mol. The highest BCUT2D eigenvalue weighted by atomic mass is 19.3. The van der Waals surface area contributed by atoms with E-state index in [0.29, 0.717) is 17.5 Å². The molecule has 0 spiro atoms. The summed E-state index contributed by atoms with van der Waals surface area (Å²) in [6.07, 6.45) is 2.60. The molecule has 1 N–H and O–H groups in total. The van der Waals surface area contributed by atoms with E-state index in [1.807, 2.05) is 41.1 Å². The minimum atomic E-state index is -2.54. The van der Waals surface area contributed by atoms with E-state index in [4.69, 9.17) is 0 Å². The fraction of sp³-hybridized carbons (Fsp3) is 0.0952. The molecule has 0 atom stereocenters. The molecular formula is C21H17F2N5. The van der Waals surface area contributed by atoms with Crippen LogP contribution >= 0.6 is 0 Å². The molecule has 0 fully saturated rings. The highest BCUT2D eigenvalue weighted by Crippen LogP contribution is 2.26. The van der Waals surface area contributed by atoms with E-state index in [-0.39, 0.29) is 5.56 Å². The van der Waals surface area contributed by atoms with Crippen LogP contribution < -0.4 is 5.32 Å². The van der Waals surface area contributed by atoms with Crippen LogP contribution in [0.25, 0.3) is 17.2 Å². The minimum absolute atomic E-state index is 0.0420. The molecule has 0 radical (unpaired) electrons. The van der Waals surface area contributed by atoms with Gasteiger partial charge in [-0.05, 0) is 30.7 Å². The maximum Gasteiger partial charge on any atom is 0.263 e. The first-order valence-corrected chi connectivity index (χ1v) is 8.69. The Balaban J connectivity index is 1.66. The van der Waals surface area contributed by atoms with Crippen molar-refractivity contribution in [3.63, 3.8) is 0 Å². The summed E-state index contributed by atoms with van der Waals surface area (Å²) >= 11 is 0. The van der Waals surface area contributed by atoms with Gasteiger partial charge in [-0.25, -0.2) is 18.7 Å². The van der Waals surface area contributed by atoms with E-state index in [1.54, 1.807) is 31.5 Å². The average Bonchev–Trinajstić information content (AvgIpc) is 3.18. The zero-order chi connectivity index (χ0) is 19.5. The van der Waals surface area contributed by atoms with Crippen LogP contribution in [-0.2, 0) is 0 Å². The molecule has 0 amide bonds. The van der Waals surface area contributed by atoms with Crippen molar-refractivity contribution in [3.05, 3.63) is 84.3 Å². The molecular weight excluding hydrogens is 360 g/mol. The molecule has 2 heterocycles. The largest absolute Gasteiger partial charge is 0.324 e. The molecule has 0 bridgehead atoms. The molecule has 4 rings (SSSR count). The maximum absolute atomic E-state index is 13.1. The van der Waals surface area contributed by atoms with Crippen LogP contribution in [0.1, 0.15) is 17.6 Å². The molecule has 4 aromatic rings. The lowest BCUT2D eigenvalue weighted by molar-refractivity contribution is 0.151. The van der Waals surface area contributed by atoms with E-state index in [9.17, 15) is 8.78 Å². The van der Waals surface area contributed by atoms with E-state index in [1.165, 1.54) is 12.1 Å². The topological polar surface area (TPSA) is 55.6 Å². The van der Waals surface area contributed by atoms with Gasteiger partial charge in [-0.3, -0.25) is 4.57 Å². The van der Waals surface area contributed by atoms with Crippen molar-refractivity contribution in [2.24, 2.45) is 0 Å². The van der Waals surface area contributed by atoms with Crippen molar-refractivity contribution in [1.82, 2.24) is 19.5 Å². The summed E-state index contributed by atoms with van der Waals surface area (Å²) in [7, 11) is 0. The Kier molecular flexibility index (Phi) is 4.80. The third kappa shape index (κ3) is 3.73. The third-order valence-corrected chi connectivity index (χ3v) is 4.17. The van der Waals surface area contributed by atoms with Crippen molar-refractivity contribution in [2.75, 3.05) is 5.32 Å². The van der Waals surface area contributed by atoms with Gasteiger partial charge in [0.2, 0.25) is 5.95 Å². The van der Waals surface area contributed by atoms with E-state index >= 15 is 0 Å². The average molecular weight is 377 g/mol. The lowest BCUT2D eigenvalue weighted by Crippen LogP contribution is -2.04. The lowest BCUT2D eigenvalue weighted by Gasteiger charge is -2.11. The summed E-state index contributed by atoms with van der Waals surface area (Å²) in [6.45, 7) is 1.77. The molecule has 5 nitrogen and oxygen atoms in total. The standard InChI is InChI=1S/C21H17F2N5/c1-14-11-16(19(22)23)13-17(12-14)26-21-25-8-7-18(27-21)28-10-9-24-20(28)15-5-3-2-4-6-15/h2-13,19H,1H3,(H,25,26,27). The van der Waals surface area contributed by atoms with Crippen molar-refractivity contribution >= 4 is 11.6 Å². The number of aromatic nitrogens is 4. The highest BCUT2D eigenvalue weighted by Gasteiger charge is 2.11. The van der Waals surface area contributed by atoms with Crippen LogP contribution in [0.4, 0.5) is 20.4 Å². The molecule has 0 aliphatic heterocycles. The molecule has 2 aromatic carbocycles. The number of nitrogens with zero attached hydrogens (tertiary/aromatic N) is 4. The first kappa shape index (κ1) is 17.8. The van der Waals surface area contributed by atoms with Gasteiger partial charge in [-0.2, -0.15) is 4.98 Å². The Hall–Kier alpha value is -3.61. The Morgan fingerprint density at radius 1 is 0.964 bits per heavy atom. The Bertz CT molecular complexity index is 1090. The number of alkyl halides is 2. The van der Waals surface area contributed by atoms with Gasteiger partial charge < -0.3 is 5.32 Å². The molecule has 0 aliphatic carbocycles. The van der Waals surface area contributed by atoms with E-state index in [2.05, 4.69) is 20.3 Å². The van der Waals surface area contributed by atoms with Crippen molar-refractivity contribution in [3.8, 4) is 17.2 Å². The van der Waals surface area contributed by atoms with Crippen molar-refractivity contribution in [2.45, 2.75) is 13.3 Å². The minimum Gasteiger partial charge on any atom is -0.324 e. The van der Waals surface area contributed by atoms with Gasteiger partial charge in [0.25, 0.3) is 6.43 Å². The van der Waals surface area contributed by atoms with Crippen LogP contribution in [0, 0.1) is 6.92 Å². The van der Waals surface area contributed by atoms with Crippen LogP contribution in [0.2, 0.25) is 0 Å². The number of aryl methyl sites for hydroxylation is 1. The van der Waals surface area contributed by atoms with Gasteiger partial charge in [0.05, 0.1) is 0 Å². The van der Waals surface area contributed by atoms with Crippen molar-refractivity contribution in [1.29, 1.82) is 0 Å². The fourth-order valence-electron chi connectivity index (χ4n) is 2.97. The van der Waals surface area contributed by atoms with E-state index < -0.39 is 6.43 Å². The van der Waals surface area contributed by atoms with Crippen LogP contribution in [0.5, 0.6) is 0 Å². The van der Waals surface area contributed by atoms with Crippen LogP contribution in [-0.4, -0.2) is 19.5 Å². The molecule has 0 saturated heterocycles. The number of hydrogen-bond acceptors (Lipinski definition) is 4. The number of hydrogen-bond donors (Lipinski definition) is 1. The number of halogens is 2. The summed E-state index contributed by atoms with van der Waals surface area (Å²) in [5.41, 5.74) is 2.17. The summed E-state index contributed by atoms with van der Waals surface area (Å²) in [6, 6.07) is 16.2. The summed E-state index contributed by atoms with van der Waals surface area (Å²) in [5.74, 6) is 1.69. The van der Waals surface area contributed by atoms with Gasteiger partial charge in [-0.1, -0.05) is 36.4 Å². The number of rotatable bonds is 5.